The van der Waals surface area contributed by atoms with Gasteiger partial charge < -0.3 is 4.52 Å². The SMILES string of the molecule is CC(C)OP(=O)(Br)Br. The molecule has 50 valence electrons. The highest BCUT2D eigenvalue weighted by Gasteiger charge is 2.13. The van der Waals surface area contributed by atoms with E-state index in [1.807, 2.05) is 13.8 Å². The fourth-order valence-corrected chi connectivity index (χ4v) is 2.74. The summed E-state index contributed by atoms with van der Waals surface area (Å²) in [6, 6.07) is 0. The summed E-state index contributed by atoms with van der Waals surface area (Å²) in [5, 5.41) is 0. The van der Waals surface area contributed by atoms with Crippen molar-refractivity contribution in [3.05, 3.63) is 0 Å². The standard InChI is InChI=1S/C3H7Br2O2P/c1-3(2)7-8(4,5)6/h3H,1-2H3. The molecule has 0 saturated heterocycles. The van der Waals surface area contributed by atoms with Crippen molar-refractivity contribution >= 4 is 35.8 Å². The molecule has 0 bridgehead atoms. The number of hydrogen-bond acceptors (Lipinski definition) is 2. The fraction of sp³-hybridized carbons (Fsp3) is 1.00. The van der Waals surface area contributed by atoms with Crippen molar-refractivity contribution in [2.45, 2.75) is 20.0 Å². The van der Waals surface area contributed by atoms with E-state index in [-0.39, 0.29) is 6.10 Å². The van der Waals surface area contributed by atoms with E-state index in [1.54, 1.807) is 0 Å². The molecule has 0 rings (SSSR count). The van der Waals surface area contributed by atoms with Gasteiger partial charge in [0.25, 0.3) is 0 Å². The van der Waals surface area contributed by atoms with Crippen LogP contribution >= 0.6 is 35.8 Å². The average Bonchev–Trinajstić information content (AvgIpc) is 1.21. The second-order valence-corrected chi connectivity index (χ2v) is 11.1. The second-order valence-electron chi connectivity index (χ2n) is 1.57. The van der Waals surface area contributed by atoms with Gasteiger partial charge in [-0.15, -0.1) is 0 Å². The van der Waals surface area contributed by atoms with Crippen LogP contribution in [0.15, 0.2) is 0 Å². The van der Waals surface area contributed by atoms with Crippen molar-refractivity contribution in [1.29, 1.82) is 0 Å². The molecule has 0 heterocycles. The summed E-state index contributed by atoms with van der Waals surface area (Å²) in [6.45, 7) is 3.63. The highest BCUT2D eigenvalue weighted by atomic mass is 79.9. The van der Waals surface area contributed by atoms with E-state index in [4.69, 9.17) is 4.52 Å². The van der Waals surface area contributed by atoms with Gasteiger partial charge >= 0.3 is 4.77 Å². The summed E-state index contributed by atoms with van der Waals surface area (Å²) < 4.78 is 12.9. The first kappa shape index (κ1) is 9.15. The largest absolute Gasteiger partial charge is 0.328 e. The zero-order chi connectivity index (χ0) is 6.78. The third-order valence-corrected chi connectivity index (χ3v) is 2.00. The molecule has 0 fully saturated rings. The van der Waals surface area contributed by atoms with Crippen molar-refractivity contribution in [1.82, 2.24) is 0 Å². The van der Waals surface area contributed by atoms with Gasteiger partial charge in [0.05, 0.1) is 6.10 Å². The number of rotatable bonds is 2. The molecular weight excluding hydrogens is 259 g/mol. The number of hydrogen-bond donors (Lipinski definition) is 0. The first-order valence-corrected chi connectivity index (χ1v) is 7.76. The normalized spacial score (nSPS) is 12.6. The minimum atomic E-state index is -2.60. The zero-order valence-corrected chi connectivity index (χ0v) is 8.66. The molecule has 0 aromatic rings. The Balaban J connectivity index is 3.56. The Morgan fingerprint density at radius 1 is 1.50 bits per heavy atom. The molecule has 0 saturated carbocycles. The van der Waals surface area contributed by atoms with Crippen LogP contribution < -0.4 is 0 Å². The summed E-state index contributed by atoms with van der Waals surface area (Å²) >= 11 is 5.66. The van der Waals surface area contributed by atoms with Crippen LogP contribution in [0.3, 0.4) is 0 Å². The summed E-state index contributed by atoms with van der Waals surface area (Å²) in [6.07, 6.45) is -0.0143. The molecular formula is C3H7Br2O2P. The Hall–Kier alpha value is 1.15. The van der Waals surface area contributed by atoms with Crippen LogP contribution in [0.4, 0.5) is 0 Å². The monoisotopic (exact) mass is 264 g/mol. The maximum atomic E-state index is 10.6. The van der Waals surface area contributed by atoms with E-state index in [2.05, 4.69) is 31.0 Å². The molecule has 0 atom stereocenters. The summed E-state index contributed by atoms with van der Waals surface area (Å²) in [5.41, 5.74) is 0. The third-order valence-electron chi connectivity index (χ3n) is 0.334. The maximum absolute atomic E-state index is 10.6. The minimum absolute atomic E-state index is 0.0143. The average molecular weight is 266 g/mol. The van der Waals surface area contributed by atoms with Gasteiger partial charge in [-0.1, -0.05) is 0 Å². The Bertz CT molecular complexity index is 108. The molecule has 0 aliphatic carbocycles. The maximum Gasteiger partial charge on any atom is 0.328 e. The lowest BCUT2D eigenvalue weighted by Gasteiger charge is -2.06. The first-order chi connectivity index (χ1) is 3.42. The molecule has 2 nitrogen and oxygen atoms in total. The van der Waals surface area contributed by atoms with E-state index < -0.39 is 4.77 Å². The summed E-state index contributed by atoms with van der Waals surface area (Å²) in [4.78, 5) is 0. The predicted octanol–water partition coefficient (Wildman–Crippen LogP) is 3.31. The van der Waals surface area contributed by atoms with Crippen molar-refractivity contribution in [2.24, 2.45) is 0 Å². The Morgan fingerprint density at radius 3 is 1.88 bits per heavy atom. The molecule has 0 amide bonds. The predicted molar refractivity (Wildman–Crippen MR) is 41.7 cm³/mol. The zero-order valence-electron chi connectivity index (χ0n) is 4.60. The van der Waals surface area contributed by atoms with Crippen LogP contribution in [0.1, 0.15) is 13.8 Å². The van der Waals surface area contributed by atoms with Crippen molar-refractivity contribution < 1.29 is 9.09 Å². The van der Waals surface area contributed by atoms with Crippen LogP contribution in [-0.4, -0.2) is 6.10 Å². The molecule has 0 unspecified atom stereocenters. The van der Waals surface area contributed by atoms with Crippen LogP contribution in [0.2, 0.25) is 0 Å². The van der Waals surface area contributed by atoms with Crippen LogP contribution in [-0.2, 0) is 9.09 Å². The molecule has 5 heteroatoms. The lowest BCUT2D eigenvalue weighted by atomic mass is 10.5. The van der Waals surface area contributed by atoms with Crippen LogP contribution in [0.5, 0.6) is 0 Å². The highest BCUT2D eigenvalue weighted by Crippen LogP contribution is 2.63. The van der Waals surface area contributed by atoms with E-state index in [9.17, 15) is 4.57 Å². The quantitative estimate of drug-likeness (QED) is 0.716. The molecule has 0 aromatic carbocycles. The number of halogens is 2. The van der Waals surface area contributed by atoms with Gasteiger partial charge in [0.2, 0.25) is 0 Å². The van der Waals surface area contributed by atoms with Gasteiger partial charge in [0.15, 0.2) is 0 Å². The first-order valence-electron chi connectivity index (χ1n) is 2.09. The molecule has 8 heavy (non-hydrogen) atoms. The lowest BCUT2D eigenvalue weighted by Crippen LogP contribution is -1.93. The van der Waals surface area contributed by atoms with Crippen LogP contribution in [0.25, 0.3) is 0 Å². The van der Waals surface area contributed by atoms with E-state index in [0.29, 0.717) is 0 Å². The topological polar surface area (TPSA) is 26.3 Å². The van der Waals surface area contributed by atoms with Gasteiger partial charge in [-0.05, 0) is 13.8 Å². The molecule has 0 aliphatic heterocycles. The van der Waals surface area contributed by atoms with Crippen molar-refractivity contribution in [3.8, 4) is 0 Å². The van der Waals surface area contributed by atoms with Crippen molar-refractivity contribution in [2.75, 3.05) is 0 Å². The molecule has 0 N–H and O–H groups in total. The van der Waals surface area contributed by atoms with E-state index in [1.165, 1.54) is 0 Å². The van der Waals surface area contributed by atoms with Gasteiger partial charge in [0.1, 0.15) is 0 Å². The minimum Gasteiger partial charge on any atom is -0.310 e. The molecule has 0 radical (unpaired) electrons. The Labute approximate surface area is 64.9 Å². The second kappa shape index (κ2) is 3.35. The smallest absolute Gasteiger partial charge is 0.310 e. The van der Waals surface area contributed by atoms with Gasteiger partial charge in [-0.25, -0.2) is 0 Å². The fourth-order valence-electron chi connectivity index (χ4n) is 0.245. The van der Waals surface area contributed by atoms with Gasteiger partial charge in [-0.3, -0.25) is 4.57 Å². The summed E-state index contributed by atoms with van der Waals surface area (Å²) in [5.74, 6) is 0. The van der Waals surface area contributed by atoms with E-state index >= 15 is 0 Å². The van der Waals surface area contributed by atoms with Crippen LogP contribution in [0, 0.1) is 0 Å². The van der Waals surface area contributed by atoms with Gasteiger partial charge in [0, 0.05) is 31.0 Å². The third kappa shape index (κ3) is 7.15. The molecule has 0 aromatic heterocycles. The van der Waals surface area contributed by atoms with E-state index in [0.717, 1.165) is 0 Å². The Kier molecular flexibility index (Phi) is 3.83. The lowest BCUT2D eigenvalue weighted by molar-refractivity contribution is 0.262. The van der Waals surface area contributed by atoms with Gasteiger partial charge in [-0.2, -0.15) is 0 Å². The van der Waals surface area contributed by atoms with Crippen molar-refractivity contribution in [3.63, 3.8) is 0 Å². The summed E-state index contributed by atoms with van der Waals surface area (Å²) in [7, 11) is 0. The molecule has 0 aliphatic rings. The molecule has 0 spiro atoms. The Morgan fingerprint density at radius 2 is 1.88 bits per heavy atom. The highest BCUT2D eigenvalue weighted by molar-refractivity contribution is 9.70.